The summed E-state index contributed by atoms with van der Waals surface area (Å²) in [6.45, 7) is 1.74. The highest BCUT2D eigenvalue weighted by Gasteiger charge is 2.18. The number of hydrogen-bond donors (Lipinski definition) is 2. The minimum Gasteiger partial charge on any atom is -0.477 e. The van der Waals surface area contributed by atoms with Gasteiger partial charge in [0.15, 0.2) is 6.29 Å². The molecule has 0 saturated heterocycles. The number of nitrogens with two attached hydrogens (primary N) is 1. The molecule has 0 amide bonds. The molecule has 0 aliphatic rings. The van der Waals surface area contributed by atoms with Gasteiger partial charge in [0, 0.05) is 16.6 Å². The minimum absolute atomic E-state index is 0.0243. The summed E-state index contributed by atoms with van der Waals surface area (Å²) in [4.78, 5) is 26.4. The molecule has 0 saturated carbocycles. The summed E-state index contributed by atoms with van der Waals surface area (Å²) in [6.07, 6.45) is 0.658. The van der Waals surface area contributed by atoms with Gasteiger partial charge in [-0.05, 0) is 13.0 Å². The van der Waals surface area contributed by atoms with E-state index in [-0.39, 0.29) is 10.6 Å². The third-order valence-corrected chi connectivity index (χ3v) is 3.27. The van der Waals surface area contributed by atoms with Gasteiger partial charge in [0.25, 0.3) is 0 Å². The molecule has 5 nitrogen and oxygen atoms in total. The van der Waals surface area contributed by atoms with Crippen LogP contribution in [0.25, 0.3) is 10.2 Å². The van der Waals surface area contributed by atoms with Crippen molar-refractivity contribution in [2.45, 2.75) is 6.92 Å². The normalized spacial score (nSPS) is 10.6. The largest absolute Gasteiger partial charge is 0.477 e. The van der Waals surface area contributed by atoms with Crippen LogP contribution in [0.15, 0.2) is 6.07 Å². The zero-order chi connectivity index (χ0) is 11.9. The van der Waals surface area contributed by atoms with Crippen molar-refractivity contribution in [3.63, 3.8) is 0 Å². The maximum Gasteiger partial charge on any atom is 0.348 e. The molecule has 82 valence electrons. The van der Waals surface area contributed by atoms with Gasteiger partial charge in [0.2, 0.25) is 0 Å². The predicted molar refractivity (Wildman–Crippen MR) is 61.1 cm³/mol. The van der Waals surface area contributed by atoms with E-state index in [4.69, 9.17) is 10.8 Å². The molecule has 0 fully saturated rings. The highest BCUT2D eigenvalue weighted by molar-refractivity contribution is 7.21. The zero-order valence-electron chi connectivity index (χ0n) is 8.35. The molecule has 2 rings (SSSR count). The van der Waals surface area contributed by atoms with Crippen LogP contribution >= 0.6 is 11.3 Å². The summed E-state index contributed by atoms with van der Waals surface area (Å²) in [5.41, 5.74) is 6.85. The molecule has 0 bridgehead atoms. The second-order valence-electron chi connectivity index (χ2n) is 3.30. The zero-order valence-corrected chi connectivity index (χ0v) is 9.17. The molecule has 0 aliphatic carbocycles. The highest BCUT2D eigenvalue weighted by Crippen LogP contribution is 2.34. The van der Waals surface area contributed by atoms with Crippen LogP contribution in [0.3, 0.4) is 0 Å². The first-order valence-electron chi connectivity index (χ1n) is 4.42. The van der Waals surface area contributed by atoms with Crippen molar-refractivity contribution in [2.24, 2.45) is 0 Å². The Kier molecular flexibility index (Phi) is 2.35. The van der Waals surface area contributed by atoms with E-state index in [1.165, 1.54) is 0 Å². The number of aryl methyl sites for hydroxylation is 1. The number of nitrogen functional groups attached to an aromatic ring is 1. The summed E-state index contributed by atoms with van der Waals surface area (Å²) in [5.74, 6) is -1.10. The number of pyridine rings is 1. The van der Waals surface area contributed by atoms with Gasteiger partial charge >= 0.3 is 5.97 Å². The number of carboxylic acid groups (broad SMARTS) is 1. The fourth-order valence-electron chi connectivity index (χ4n) is 1.53. The van der Waals surface area contributed by atoms with Crippen molar-refractivity contribution in [2.75, 3.05) is 5.73 Å². The van der Waals surface area contributed by atoms with Gasteiger partial charge in [0.1, 0.15) is 9.71 Å². The molecule has 0 aliphatic heterocycles. The Morgan fingerprint density at radius 2 is 2.31 bits per heavy atom. The molecule has 0 aromatic carbocycles. The molecule has 0 radical (unpaired) electrons. The van der Waals surface area contributed by atoms with Gasteiger partial charge in [-0.15, -0.1) is 11.3 Å². The maximum absolute atomic E-state index is 10.9. The Labute approximate surface area is 94.5 Å². The smallest absolute Gasteiger partial charge is 0.348 e. The summed E-state index contributed by atoms with van der Waals surface area (Å²) >= 11 is 0.981. The monoisotopic (exact) mass is 236 g/mol. The van der Waals surface area contributed by atoms with Gasteiger partial charge in [-0.2, -0.15) is 0 Å². The molecule has 2 heterocycles. The first-order chi connectivity index (χ1) is 7.54. The fraction of sp³-hybridized carbons (Fsp3) is 0.100. The minimum atomic E-state index is -1.10. The number of aromatic nitrogens is 1. The lowest BCUT2D eigenvalue weighted by Gasteiger charge is -1.98. The van der Waals surface area contributed by atoms with Gasteiger partial charge in [-0.1, -0.05) is 0 Å². The molecule has 2 aromatic rings. The molecule has 3 N–H and O–H groups in total. The lowest BCUT2D eigenvalue weighted by atomic mass is 10.1. The van der Waals surface area contributed by atoms with Crippen molar-refractivity contribution < 1.29 is 14.7 Å². The summed E-state index contributed by atoms with van der Waals surface area (Å²) in [7, 11) is 0. The Bertz CT molecular complexity index is 604. The molecule has 0 unspecified atom stereocenters. The molecule has 2 aromatic heterocycles. The van der Waals surface area contributed by atoms with Crippen molar-refractivity contribution in [3.8, 4) is 0 Å². The van der Waals surface area contributed by atoms with Crippen LogP contribution in [0.5, 0.6) is 0 Å². The van der Waals surface area contributed by atoms with Crippen molar-refractivity contribution in [1.29, 1.82) is 0 Å². The Hall–Kier alpha value is -1.95. The Morgan fingerprint density at radius 1 is 1.62 bits per heavy atom. The molecule has 6 heteroatoms. The van der Waals surface area contributed by atoms with Crippen molar-refractivity contribution >= 4 is 39.5 Å². The van der Waals surface area contributed by atoms with Gasteiger partial charge < -0.3 is 10.8 Å². The van der Waals surface area contributed by atoms with Crippen LogP contribution in [0.2, 0.25) is 0 Å². The number of fused-ring (bicyclic) bond motifs is 1. The number of carbonyl (C=O) groups is 2. The summed E-state index contributed by atoms with van der Waals surface area (Å²) in [5, 5.41) is 9.35. The van der Waals surface area contributed by atoms with E-state index in [9.17, 15) is 9.59 Å². The van der Waals surface area contributed by atoms with E-state index in [1.54, 1.807) is 13.0 Å². The SMILES string of the molecule is Cc1cc(C=O)c2c(N)c(C(=O)O)sc2n1. The Balaban J connectivity index is 2.91. The van der Waals surface area contributed by atoms with Gasteiger partial charge in [0.05, 0.1) is 5.69 Å². The first kappa shape index (κ1) is 10.6. The molecular formula is C10H8N2O3S. The quantitative estimate of drug-likeness (QED) is 0.774. The van der Waals surface area contributed by atoms with Gasteiger partial charge in [-0.3, -0.25) is 4.79 Å². The number of thiophene rings is 1. The average Bonchev–Trinajstić information content (AvgIpc) is 2.55. The average molecular weight is 236 g/mol. The molecule has 0 spiro atoms. The second kappa shape index (κ2) is 3.57. The van der Waals surface area contributed by atoms with Crippen molar-refractivity contribution in [3.05, 3.63) is 22.2 Å². The lowest BCUT2D eigenvalue weighted by molar-refractivity contribution is 0.0703. The van der Waals surface area contributed by atoms with Crippen LogP contribution in [-0.2, 0) is 0 Å². The first-order valence-corrected chi connectivity index (χ1v) is 5.24. The van der Waals surface area contributed by atoms with Crippen LogP contribution in [0, 0.1) is 6.92 Å². The summed E-state index contributed by atoms with van der Waals surface area (Å²) in [6, 6.07) is 1.59. The van der Waals surface area contributed by atoms with Crippen LogP contribution in [-0.4, -0.2) is 22.3 Å². The third-order valence-electron chi connectivity index (χ3n) is 2.18. The Morgan fingerprint density at radius 3 is 2.88 bits per heavy atom. The number of anilines is 1. The molecule has 16 heavy (non-hydrogen) atoms. The van der Waals surface area contributed by atoms with E-state index in [0.717, 1.165) is 11.3 Å². The second-order valence-corrected chi connectivity index (χ2v) is 4.30. The number of nitrogens with zero attached hydrogens (tertiary/aromatic N) is 1. The van der Waals surface area contributed by atoms with Crippen molar-refractivity contribution in [1.82, 2.24) is 4.98 Å². The number of aromatic carboxylic acids is 1. The van der Waals surface area contributed by atoms with Crippen LogP contribution in [0.1, 0.15) is 25.7 Å². The van der Waals surface area contributed by atoms with E-state index in [0.29, 0.717) is 27.8 Å². The van der Waals surface area contributed by atoms with Crippen LogP contribution in [0.4, 0.5) is 5.69 Å². The topological polar surface area (TPSA) is 93.3 Å². The fourth-order valence-corrected chi connectivity index (χ4v) is 2.54. The predicted octanol–water partition coefficient (Wildman–Crippen LogP) is 1.70. The number of carboxylic acids is 1. The molecule has 0 atom stereocenters. The number of rotatable bonds is 2. The summed E-state index contributed by atoms with van der Waals surface area (Å²) < 4.78 is 0. The van der Waals surface area contributed by atoms with Gasteiger partial charge in [-0.25, -0.2) is 9.78 Å². The standard InChI is InChI=1S/C10H8N2O3S/c1-4-2-5(3-13)6-7(11)8(10(14)15)16-9(6)12-4/h2-3H,11H2,1H3,(H,14,15). The third kappa shape index (κ3) is 1.43. The highest BCUT2D eigenvalue weighted by atomic mass is 32.1. The lowest BCUT2D eigenvalue weighted by Crippen LogP contribution is -1.98. The van der Waals surface area contributed by atoms with E-state index >= 15 is 0 Å². The number of hydrogen-bond acceptors (Lipinski definition) is 5. The van der Waals surface area contributed by atoms with E-state index < -0.39 is 5.97 Å². The maximum atomic E-state index is 10.9. The molecular weight excluding hydrogens is 228 g/mol. The van der Waals surface area contributed by atoms with E-state index in [2.05, 4.69) is 4.98 Å². The number of carbonyl (C=O) groups excluding carboxylic acids is 1. The van der Waals surface area contributed by atoms with Crippen LogP contribution < -0.4 is 5.73 Å². The number of aldehydes is 1. The van der Waals surface area contributed by atoms with E-state index in [1.807, 2.05) is 0 Å².